The zero-order valence-corrected chi connectivity index (χ0v) is 11.9. The summed E-state index contributed by atoms with van der Waals surface area (Å²) in [7, 11) is 1.66. The molecule has 0 radical (unpaired) electrons. The Morgan fingerprint density at radius 1 is 1.10 bits per heavy atom. The van der Waals surface area contributed by atoms with Crippen LogP contribution in [0.1, 0.15) is 5.56 Å². The Morgan fingerprint density at radius 3 is 2.62 bits per heavy atom. The van der Waals surface area contributed by atoms with Gasteiger partial charge in [0.15, 0.2) is 0 Å². The number of rotatable bonds is 4. The van der Waals surface area contributed by atoms with Gasteiger partial charge in [-0.2, -0.15) is 0 Å². The third-order valence-electron chi connectivity index (χ3n) is 3.48. The normalized spacial score (nSPS) is 13.8. The fourth-order valence-corrected chi connectivity index (χ4v) is 2.36. The number of hydrogen-bond donors (Lipinski definition) is 0. The van der Waals surface area contributed by atoms with Gasteiger partial charge in [0.2, 0.25) is 0 Å². The Hall–Kier alpha value is -2.49. The lowest BCUT2D eigenvalue weighted by atomic mass is 10.2. The van der Waals surface area contributed by atoms with E-state index >= 15 is 0 Å². The maximum atomic E-state index is 13.3. The first-order valence-corrected chi connectivity index (χ1v) is 6.82. The molecule has 0 bridgehead atoms. The minimum atomic E-state index is -0.213. The van der Waals surface area contributed by atoms with E-state index in [-0.39, 0.29) is 5.82 Å². The van der Waals surface area contributed by atoms with E-state index < -0.39 is 0 Å². The lowest BCUT2D eigenvalue weighted by Gasteiger charge is -2.21. The molecule has 0 saturated heterocycles. The first-order chi connectivity index (χ1) is 10.2. The number of methoxy groups -OCH3 is 1. The summed E-state index contributed by atoms with van der Waals surface area (Å²) in [6.07, 6.45) is 3.99. The van der Waals surface area contributed by atoms with Crippen molar-refractivity contribution < 1.29 is 9.13 Å². The van der Waals surface area contributed by atoms with Crippen LogP contribution in [0.15, 0.2) is 60.9 Å². The molecule has 1 aliphatic heterocycles. The van der Waals surface area contributed by atoms with E-state index in [4.69, 9.17) is 4.74 Å². The maximum absolute atomic E-state index is 13.3. The highest BCUT2D eigenvalue weighted by atomic mass is 19.1. The summed E-state index contributed by atoms with van der Waals surface area (Å²) in [5.41, 5.74) is 2.07. The molecule has 0 atom stereocenters. The van der Waals surface area contributed by atoms with Crippen LogP contribution in [0.5, 0.6) is 5.75 Å². The summed E-state index contributed by atoms with van der Waals surface area (Å²) < 4.78 is 18.4. The zero-order valence-electron chi connectivity index (χ0n) is 11.9. The van der Waals surface area contributed by atoms with Gasteiger partial charge in [-0.25, -0.2) is 4.39 Å². The van der Waals surface area contributed by atoms with E-state index in [1.165, 1.54) is 11.6 Å². The van der Waals surface area contributed by atoms with Gasteiger partial charge in [0, 0.05) is 24.6 Å². The number of anilines is 1. The third-order valence-corrected chi connectivity index (χ3v) is 3.48. The molecular formula is C17H17FN2O. The molecular weight excluding hydrogens is 267 g/mol. The first kappa shape index (κ1) is 13.5. The smallest absolute Gasteiger partial charge is 0.125 e. The van der Waals surface area contributed by atoms with Gasteiger partial charge in [0.1, 0.15) is 11.6 Å². The predicted molar refractivity (Wildman–Crippen MR) is 81.4 cm³/mol. The highest BCUT2D eigenvalue weighted by Gasteiger charge is 2.14. The van der Waals surface area contributed by atoms with Gasteiger partial charge in [-0.05, 0) is 35.9 Å². The lowest BCUT2D eigenvalue weighted by Crippen LogP contribution is -2.24. The van der Waals surface area contributed by atoms with E-state index in [9.17, 15) is 4.39 Å². The molecule has 21 heavy (non-hydrogen) atoms. The van der Waals surface area contributed by atoms with Crippen molar-refractivity contribution in [1.29, 1.82) is 0 Å². The van der Waals surface area contributed by atoms with Gasteiger partial charge < -0.3 is 14.5 Å². The van der Waals surface area contributed by atoms with Gasteiger partial charge in [0.05, 0.1) is 13.8 Å². The molecule has 4 heteroatoms. The van der Waals surface area contributed by atoms with E-state index in [2.05, 4.69) is 17.0 Å². The zero-order chi connectivity index (χ0) is 14.7. The van der Waals surface area contributed by atoms with Crippen molar-refractivity contribution in [2.45, 2.75) is 6.54 Å². The van der Waals surface area contributed by atoms with Crippen LogP contribution in [0.25, 0.3) is 0 Å². The molecule has 1 aliphatic rings. The molecule has 2 aromatic rings. The summed E-state index contributed by atoms with van der Waals surface area (Å²) >= 11 is 0. The average Bonchev–Trinajstić information content (AvgIpc) is 2.97. The molecule has 0 saturated carbocycles. The van der Waals surface area contributed by atoms with Crippen LogP contribution in [0.3, 0.4) is 0 Å². The standard InChI is InChI=1S/C17H17FN2O/c1-21-17-7-5-14(6-8-17)12-19-9-10-20(13-19)16-4-2-3-15(18)11-16/h2-11H,12-13H2,1H3. The Morgan fingerprint density at radius 2 is 1.90 bits per heavy atom. The number of ether oxygens (including phenoxy) is 1. The molecule has 0 N–H and O–H groups in total. The van der Waals surface area contributed by atoms with Crippen molar-refractivity contribution in [3.05, 3.63) is 72.3 Å². The Bertz CT molecular complexity index is 639. The van der Waals surface area contributed by atoms with Crippen molar-refractivity contribution in [2.75, 3.05) is 18.7 Å². The molecule has 0 aliphatic carbocycles. The molecule has 0 amide bonds. The van der Waals surface area contributed by atoms with Crippen molar-refractivity contribution >= 4 is 5.69 Å². The fraction of sp³-hybridized carbons (Fsp3) is 0.176. The largest absolute Gasteiger partial charge is 0.497 e. The van der Waals surface area contributed by atoms with Gasteiger partial charge in [-0.15, -0.1) is 0 Å². The summed E-state index contributed by atoms with van der Waals surface area (Å²) in [6.45, 7) is 1.53. The maximum Gasteiger partial charge on any atom is 0.125 e. The molecule has 3 rings (SSSR count). The summed E-state index contributed by atoms with van der Waals surface area (Å²) in [5, 5.41) is 0. The van der Waals surface area contributed by atoms with Crippen LogP contribution in [0, 0.1) is 5.82 Å². The van der Waals surface area contributed by atoms with Crippen LogP contribution >= 0.6 is 0 Å². The minimum Gasteiger partial charge on any atom is -0.497 e. The Labute approximate surface area is 123 Å². The Kier molecular flexibility index (Phi) is 3.77. The SMILES string of the molecule is COc1ccc(CN2C=CN(c3cccc(F)c3)C2)cc1. The van der Waals surface area contributed by atoms with Gasteiger partial charge in [-0.1, -0.05) is 18.2 Å². The van der Waals surface area contributed by atoms with Crippen molar-refractivity contribution in [1.82, 2.24) is 4.90 Å². The first-order valence-electron chi connectivity index (χ1n) is 6.82. The topological polar surface area (TPSA) is 15.7 Å². The number of benzene rings is 2. The molecule has 0 aromatic heterocycles. The van der Waals surface area contributed by atoms with Crippen molar-refractivity contribution in [2.24, 2.45) is 0 Å². The quantitative estimate of drug-likeness (QED) is 0.853. The molecule has 1 heterocycles. The van der Waals surface area contributed by atoms with Crippen LogP contribution in [-0.4, -0.2) is 18.7 Å². The van der Waals surface area contributed by atoms with E-state index in [0.717, 1.165) is 24.7 Å². The second kappa shape index (κ2) is 5.87. The fourth-order valence-electron chi connectivity index (χ4n) is 2.36. The molecule has 0 unspecified atom stereocenters. The van der Waals surface area contributed by atoms with E-state index in [1.807, 2.05) is 35.5 Å². The summed E-state index contributed by atoms with van der Waals surface area (Å²) in [6, 6.07) is 14.7. The lowest BCUT2D eigenvalue weighted by molar-refractivity contribution is 0.397. The molecule has 3 nitrogen and oxygen atoms in total. The minimum absolute atomic E-state index is 0.213. The van der Waals surface area contributed by atoms with Gasteiger partial charge >= 0.3 is 0 Å². The van der Waals surface area contributed by atoms with Crippen molar-refractivity contribution in [3.8, 4) is 5.75 Å². The van der Waals surface area contributed by atoms with Crippen LogP contribution in [0.2, 0.25) is 0 Å². The van der Waals surface area contributed by atoms with E-state index in [1.54, 1.807) is 19.2 Å². The van der Waals surface area contributed by atoms with Crippen LogP contribution in [-0.2, 0) is 6.54 Å². The van der Waals surface area contributed by atoms with Gasteiger partial charge in [0.25, 0.3) is 0 Å². The van der Waals surface area contributed by atoms with E-state index in [0.29, 0.717) is 0 Å². The van der Waals surface area contributed by atoms with Crippen molar-refractivity contribution in [3.63, 3.8) is 0 Å². The highest BCUT2D eigenvalue weighted by molar-refractivity contribution is 5.50. The summed E-state index contributed by atoms with van der Waals surface area (Å²) in [5.74, 6) is 0.645. The predicted octanol–water partition coefficient (Wildman–Crippen LogP) is 3.59. The average molecular weight is 284 g/mol. The molecule has 0 spiro atoms. The molecule has 108 valence electrons. The Balaban J connectivity index is 1.63. The van der Waals surface area contributed by atoms with Crippen LogP contribution < -0.4 is 9.64 Å². The highest BCUT2D eigenvalue weighted by Crippen LogP contribution is 2.21. The number of halogens is 1. The molecule has 2 aromatic carbocycles. The number of nitrogens with zero attached hydrogens (tertiary/aromatic N) is 2. The molecule has 0 fully saturated rings. The second-order valence-corrected chi connectivity index (χ2v) is 4.98. The second-order valence-electron chi connectivity index (χ2n) is 4.98. The third kappa shape index (κ3) is 3.16. The van der Waals surface area contributed by atoms with Gasteiger partial charge in [-0.3, -0.25) is 0 Å². The monoisotopic (exact) mass is 284 g/mol. The number of hydrogen-bond acceptors (Lipinski definition) is 3. The van der Waals surface area contributed by atoms with Crippen LogP contribution in [0.4, 0.5) is 10.1 Å². The summed E-state index contributed by atoms with van der Waals surface area (Å²) in [4.78, 5) is 4.19.